The molecule has 0 fully saturated rings. The molecule has 0 aliphatic carbocycles. The molecule has 98 valence electrons. The van der Waals surface area contributed by atoms with E-state index in [0.29, 0.717) is 6.42 Å². The summed E-state index contributed by atoms with van der Waals surface area (Å²) in [6, 6.07) is 16.0. The minimum absolute atomic E-state index is 0.222. The molecule has 0 radical (unpaired) electrons. The number of aryl methyl sites for hydroxylation is 1. The average molecular weight is 255 g/mol. The summed E-state index contributed by atoms with van der Waals surface area (Å²) in [6.45, 7) is 0. The minimum atomic E-state index is -0.738. The van der Waals surface area contributed by atoms with Crippen LogP contribution in [0.3, 0.4) is 0 Å². The number of aliphatic carboxylic acids is 1. The summed E-state index contributed by atoms with van der Waals surface area (Å²) in [5, 5.41) is 8.60. The number of carbonyl (C=O) groups is 1. The van der Waals surface area contributed by atoms with Crippen molar-refractivity contribution in [2.75, 3.05) is 5.73 Å². The lowest BCUT2D eigenvalue weighted by atomic mass is 10.0. The number of hydrogen-bond acceptors (Lipinski definition) is 2. The van der Waals surface area contributed by atoms with Crippen LogP contribution in [0.25, 0.3) is 11.1 Å². The maximum atomic E-state index is 10.4. The summed E-state index contributed by atoms with van der Waals surface area (Å²) in [5.41, 5.74) is 9.86. The van der Waals surface area contributed by atoms with Crippen LogP contribution in [0.2, 0.25) is 0 Å². The van der Waals surface area contributed by atoms with Crippen molar-refractivity contribution in [1.82, 2.24) is 0 Å². The summed E-state index contributed by atoms with van der Waals surface area (Å²) >= 11 is 0. The second-order valence-electron chi connectivity index (χ2n) is 4.57. The Hall–Kier alpha value is -2.29. The normalized spacial score (nSPS) is 10.3. The lowest BCUT2D eigenvalue weighted by Gasteiger charge is -2.04. The molecule has 0 bridgehead atoms. The molecule has 3 heteroatoms. The predicted octanol–water partition coefficient (Wildman–Crippen LogP) is 3.34. The fourth-order valence-corrected chi connectivity index (χ4v) is 1.98. The molecule has 19 heavy (non-hydrogen) atoms. The summed E-state index contributed by atoms with van der Waals surface area (Å²) < 4.78 is 0. The van der Waals surface area contributed by atoms with Gasteiger partial charge in [-0.25, -0.2) is 0 Å². The van der Waals surface area contributed by atoms with Crippen LogP contribution in [0.1, 0.15) is 18.4 Å². The quantitative estimate of drug-likeness (QED) is 0.805. The SMILES string of the molecule is Nc1ccc(-c2ccc(CCCC(=O)O)cc2)cc1. The zero-order valence-electron chi connectivity index (χ0n) is 10.7. The molecule has 0 unspecified atom stereocenters. The van der Waals surface area contributed by atoms with Gasteiger partial charge in [-0.1, -0.05) is 36.4 Å². The van der Waals surface area contributed by atoms with Gasteiger partial charge in [0.25, 0.3) is 0 Å². The van der Waals surface area contributed by atoms with Crippen molar-refractivity contribution in [3.05, 3.63) is 54.1 Å². The number of nitrogens with two attached hydrogens (primary N) is 1. The Labute approximate surface area is 112 Å². The first kappa shape index (κ1) is 13.1. The summed E-state index contributed by atoms with van der Waals surface area (Å²) in [6.07, 6.45) is 1.70. The number of benzene rings is 2. The zero-order valence-corrected chi connectivity index (χ0v) is 10.7. The molecule has 0 atom stereocenters. The van der Waals surface area contributed by atoms with Crippen molar-refractivity contribution in [3.63, 3.8) is 0 Å². The van der Waals surface area contributed by atoms with Gasteiger partial charge in [-0.05, 0) is 41.7 Å². The molecular weight excluding hydrogens is 238 g/mol. The first-order valence-electron chi connectivity index (χ1n) is 6.32. The summed E-state index contributed by atoms with van der Waals surface area (Å²) in [4.78, 5) is 10.4. The van der Waals surface area contributed by atoms with Crippen LogP contribution in [-0.2, 0) is 11.2 Å². The van der Waals surface area contributed by atoms with E-state index >= 15 is 0 Å². The van der Waals surface area contributed by atoms with Crippen molar-refractivity contribution in [1.29, 1.82) is 0 Å². The Bertz CT molecular complexity index is 544. The molecule has 2 aromatic carbocycles. The van der Waals surface area contributed by atoms with Gasteiger partial charge in [0.05, 0.1) is 0 Å². The number of hydrogen-bond donors (Lipinski definition) is 2. The van der Waals surface area contributed by atoms with E-state index in [4.69, 9.17) is 10.8 Å². The molecule has 0 aromatic heterocycles. The Morgan fingerprint density at radius 2 is 1.47 bits per heavy atom. The number of rotatable bonds is 5. The Kier molecular flexibility index (Phi) is 4.18. The van der Waals surface area contributed by atoms with E-state index in [-0.39, 0.29) is 6.42 Å². The average Bonchev–Trinajstić information content (AvgIpc) is 2.40. The molecule has 3 nitrogen and oxygen atoms in total. The van der Waals surface area contributed by atoms with Gasteiger partial charge >= 0.3 is 5.97 Å². The smallest absolute Gasteiger partial charge is 0.303 e. The third-order valence-corrected chi connectivity index (χ3v) is 3.05. The van der Waals surface area contributed by atoms with E-state index in [9.17, 15) is 4.79 Å². The van der Waals surface area contributed by atoms with Crippen molar-refractivity contribution in [2.45, 2.75) is 19.3 Å². The van der Waals surface area contributed by atoms with Gasteiger partial charge in [0, 0.05) is 12.1 Å². The highest BCUT2D eigenvalue weighted by Gasteiger charge is 2.00. The van der Waals surface area contributed by atoms with Gasteiger partial charge in [0.2, 0.25) is 0 Å². The second kappa shape index (κ2) is 6.05. The number of nitrogen functional groups attached to an aromatic ring is 1. The molecule has 0 saturated heterocycles. The Morgan fingerprint density at radius 1 is 0.947 bits per heavy atom. The molecule has 0 aliphatic heterocycles. The van der Waals surface area contributed by atoms with Gasteiger partial charge in [-0.3, -0.25) is 4.79 Å². The van der Waals surface area contributed by atoms with Gasteiger partial charge in [0.15, 0.2) is 0 Å². The third-order valence-electron chi connectivity index (χ3n) is 3.05. The number of carboxylic acid groups (broad SMARTS) is 1. The highest BCUT2D eigenvalue weighted by atomic mass is 16.4. The molecule has 0 heterocycles. The number of anilines is 1. The van der Waals surface area contributed by atoms with E-state index in [1.54, 1.807) is 0 Å². The van der Waals surface area contributed by atoms with E-state index in [1.165, 1.54) is 5.56 Å². The van der Waals surface area contributed by atoms with Crippen LogP contribution < -0.4 is 5.73 Å². The van der Waals surface area contributed by atoms with Crippen LogP contribution in [0, 0.1) is 0 Å². The van der Waals surface area contributed by atoms with Crippen molar-refractivity contribution in [2.24, 2.45) is 0 Å². The van der Waals surface area contributed by atoms with Gasteiger partial charge in [-0.15, -0.1) is 0 Å². The van der Waals surface area contributed by atoms with Gasteiger partial charge in [-0.2, -0.15) is 0 Å². The topological polar surface area (TPSA) is 63.3 Å². The second-order valence-corrected chi connectivity index (χ2v) is 4.57. The van der Waals surface area contributed by atoms with Crippen LogP contribution in [0.15, 0.2) is 48.5 Å². The van der Waals surface area contributed by atoms with E-state index < -0.39 is 5.97 Å². The monoisotopic (exact) mass is 255 g/mol. The first-order valence-corrected chi connectivity index (χ1v) is 6.32. The maximum Gasteiger partial charge on any atom is 0.303 e. The molecule has 2 aromatic rings. The van der Waals surface area contributed by atoms with Crippen molar-refractivity contribution in [3.8, 4) is 11.1 Å². The molecule has 0 amide bonds. The third kappa shape index (κ3) is 3.85. The van der Waals surface area contributed by atoms with Crippen LogP contribution in [0.4, 0.5) is 5.69 Å². The van der Waals surface area contributed by atoms with Crippen molar-refractivity contribution < 1.29 is 9.90 Å². The van der Waals surface area contributed by atoms with E-state index in [2.05, 4.69) is 12.1 Å². The van der Waals surface area contributed by atoms with Crippen LogP contribution in [0.5, 0.6) is 0 Å². The molecule has 0 saturated carbocycles. The van der Waals surface area contributed by atoms with Crippen LogP contribution >= 0.6 is 0 Å². The first-order chi connectivity index (χ1) is 9.15. The molecule has 0 spiro atoms. The summed E-state index contributed by atoms with van der Waals surface area (Å²) in [5.74, 6) is -0.738. The van der Waals surface area contributed by atoms with E-state index in [0.717, 1.165) is 23.2 Å². The molecule has 3 N–H and O–H groups in total. The van der Waals surface area contributed by atoms with E-state index in [1.807, 2.05) is 36.4 Å². The highest BCUT2D eigenvalue weighted by Crippen LogP contribution is 2.21. The largest absolute Gasteiger partial charge is 0.481 e. The Balaban J connectivity index is 2.02. The fraction of sp³-hybridized carbons (Fsp3) is 0.188. The lowest BCUT2D eigenvalue weighted by molar-refractivity contribution is -0.137. The Morgan fingerprint density at radius 3 is 2.00 bits per heavy atom. The number of carboxylic acids is 1. The standard InChI is InChI=1S/C16H17NO2/c17-15-10-8-14(9-11-15)13-6-4-12(5-7-13)2-1-3-16(18)19/h4-11H,1-3,17H2,(H,18,19). The van der Waals surface area contributed by atoms with Crippen molar-refractivity contribution >= 4 is 11.7 Å². The zero-order chi connectivity index (χ0) is 13.7. The molecule has 2 rings (SSSR count). The minimum Gasteiger partial charge on any atom is -0.481 e. The lowest BCUT2D eigenvalue weighted by Crippen LogP contribution is -1.95. The molecular formula is C16H17NO2. The summed E-state index contributed by atoms with van der Waals surface area (Å²) in [7, 11) is 0. The highest BCUT2D eigenvalue weighted by molar-refractivity contribution is 5.67. The van der Waals surface area contributed by atoms with Crippen LogP contribution in [-0.4, -0.2) is 11.1 Å². The maximum absolute atomic E-state index is 10.4. The predicted molar refractivity (Wildman–Crippen MR) is 76.9 cm³/mol. The van der Waals surface area contributed by atoms with Gasteiger partial charge in [0.1, 0.15) is 0 Å². The molecule has 0 aliphatic rings. The van der Waals surface area contributed by atoms with Gasteiger partial charge < -0.3 is 10.8 Å². The fourth-order valence-electron chi connectivity index (χ4n) is 1.98.